The predicted octanol–water partition coefficient (Wildman–Crippen LogP) is 6.88. The number of ether oxygens (including phenoxy) is 1. The Kier molecular flexibility index (Phi) is 6.66. The third-order valence-corrected chi connectivity index (χ3v) is 7.20. The van der Waals surface area contributed by atoms with Gasteiger partial charge >= 0.3 is 5.97 Å². The molecule has 0 bridgehead atoms. The largest absolute Gasteiger partial charge is 0.459 e. The maximum atomic E-state index is 12.7. The summed E-state index contributed by atoms with van der Waals surface area (Å²) in [5.41, 5.74) is 2.27. The SMILES string of the molecule is CC(C)(C)OC(=O)C1CCCc2c1ccc1c2ccc2ccccc21.CC1(C)C=c2ccccc2=NC1. The molecule has 37 heavy (non-hydrogen) atoms. The van der Waals surface area contributed by atoms with E-state index in [1.807, 2.05) is 26.8 Å². The molecule has 0 fully saturated rings. The molecule has 4 aromatic carbocycles. The maximum Gasteiger partial charge on any atom is 0.313 e. The maximum absolute atomic E-state index is 12.7. The van der Waals surface area contributed by atoms with Crippen LogP contribution in [-0.2, 0) is 16.0 Å². The third-order valence-electron chi connectivity index (χ3n) is 7.20. The quantitative estimate of drug-likeness (QED) is 0.215. The number of rotatable bonds is 1. The minimum Gasteiger partial charge on any atom is -0.459 e. The second-order valence-electron chi connectivity index (χ2n) is 12.0. The van der Waals surface area contributed by atoms with Gasteiger partial charge in [-0.25, -0.2) is 0 Å². The molecule has 3 nitrogen and oxygen atoms in total. The highest BCUT2D eigenvalue weighted by molar-refractivity contribution is 6.09. The Morgan fingerprint density at radius 2 is 1.62 bits per heavy atom. The fourth-order valence-corrected chi connectivity index (χ4v) is 5.54. The van der Waals surface area contributed by atoms with Gasteiger partial charge in [-0.3, -0.25) is 9.79 Å². The van der Waals surface area contributed by atoms with Crippen LogP contribution in [0.3, 0.4) is 0 Å². The number of para-hydroxylation sites is 1. The van der Waals surface area contributed by atoms with Gasteiger partial charge in [0.15, 0.2) is 0 Å². The van der Waals surface area contributed by atoms with Crippen LogP contribution in [0.2, 0.25) is 0 Å². The van der Waals surface area contributed by atoms with Gasteiger partial charge in [-0.15, -0.1) is 0 Å². The van der Waals surface area contributed by atoms with E-state index >= 15 is 0 Å². The summed E-state index contributed by atoms with van der Waals surface area (Å²) in [4.78, 5) is 17.2. The van der Waals surface area contributed by atoms with Gasteiger partial charge in [-0.2, -0.15) is 0 Å². The first-order valence-electron chi connectivity index (χ1n) is 13.4. The smallest absolute Gasteiger partial charge is 0.313 e. The van der Waals surface area contributed by atoms with Crippen molar-refractivity contribution >= 4 is 33.6 Å². The van der Waals surface area contributed by atoms with E-state index in [-0.39, 0.29) is 17.3 Å². The summed E-state index contributed by atoms with van der Waals surface area (Å²) in [5, 5.41) is 7.51. The highest BCUT2D eigenvalue weighted by Crippen LogP contribution is 2.39. The molecular weight excluding hydrogens is 454 g/mol. The first kappa shape index (κ1) is 25.2. The van der Waals surface area contributed by atoms with Crippen LogP contribution in [-0.4, -0.2) is 18.1 Å². The summed E-state index contributed by atoms with van der Waals surface area (Å²) in [7, 11) is 0. The van der Waals surface area contributed by atoms with Crippen LogP contribution >= 0.6 is 0 Å². The van der Waals surface area contributed by atoms with Gasteiger partial charge in [0.2, 0.25) is 0 Å². The zero-order valence-electron chi connectivity index (χ0n) is 22.7. The molecule has 0 spiro atoms. The standard InChI is InChI=1S/C23H24O2.C11H13N/c1-23(2,3)25-22(24)21-10-6-9-17-19-12-11-15-7-4-5-8-16(15)18(19)13-14-20(17)21;1-11(2)7-9-5-3-4-6-10(9)12-8-11/h4-5,7-8,11-14,21H,6,9-10H2,1-3H3;3-7H,8H2,1-2H3. The van der Waals surface area contributed by atoms with Crippen LogP contribution in [0, 0.1) is 5.41 Å². The van der Waals surface area contributed by atoms with Gasteiger partial charge in [-0.05, 0) is 84.0 Å². The fraction of sp³-hybridized carbons (Fsp3) is 0.353. The zero-order chi connectivity index (χ0) is 26.2. The number of hydrogen-bond donors (Lipinski definition) is 0. The Morgan fingerprint density at radius 3 is 2.43 bits per heavy atom. The third kappa shape index (κ3) is 5.46. The first-order valence-corrected chi connectivity index (χ1v) is 13.4. The minimum absolute atomic E-state index is 0.0893. The molecule has 190 valence electrons. The normalized spacial score (nSPS) is 17.9. The molecule has 1 atom stereocenters. The van der Waals surface area contributed by atoms with Crippen molar-refractivity contribution in [3.8, 4) is 0 Å². The number of aryl methyl sites for hydroxylation is 1. The lowest BCUT2D eigenvalue weighted by Gasteiger charge is -2.29. The van der Waals surface area contributed by atoms with E-state index in [1.165, 1.54) is 32.3 Å². The molecule has 0 aromatic heterocycles. The molecule has 0 amide bonds. The second kappa shape index (κ2) is 9.78. The Morgan fingerprint density at radius 1 is 0.892 bits per heavy atom. The van der Waals surface area contributed by atoms with Crippen molar-refractivity contribution in [3.05, 3.63) is 94.5 Å². The van der Waals surface area contributed by atoms with Crippen molar-refractivity contribution in [1.29, 1.82) is 0 Å². The Balaban J connectivity index is 0.000000195. The summed E-state index contributed by atoms with van der Waals surface area (Å²) in [6.45, 7) is 11.1. The van der Waals surface area contributed by atoms with Gasteiger partial charge in [-0.1, -0.05) is 86.7 Å². The van der Waals surface area contributed by atoms with E-state index in [9.17, 15) is 4.79 Å². The lowest BCUT2D eigenvalue weighted by molar-refractivity contribution is -0.157. The average molecular weight is 492 g/mol. The monoisotopic (exact) mass is 491 g/mol. The Bertz CT molecular complexity index is 1590. The minimum atomic E-state index is -0.443. The van der Waals surface area contributed by atoms with Gasteiger partial charge in [0.1, 0.15) is 5.60 Å². The van der Waals surface area contributed by atoms with Crippen LogP contribution < -0.4 is 10.6 Å². The van der Waals surface area contributed by atoms with Crippen molar-refractivity contribution in [2.45, 2.75) is 65.4 Å². The van der Waals surface area contributed by atoms with Crippen LogP contribution in [0.5, 0.6) is 0 Å². The molecule has 1 aliphatic heterocycles. The Labute approximate surface area is 219 Å². The summed E-state index contributed by atoms with van der Waals surface area (Å²) in [6.07, 6.45) is 5.24. The number of benzene rings is 4. The lowest BCUT2D eigenvalue weighted by Crippen LogP contribution is -2.33. The highest BCUT2D eigenvalue weighted by atomic mass is 16.6. The van der Waals surface area contributed by atoms with Crippen molar-refractivity contribution in [2.75, 3.05) is 6.54 Å². The number of carbonyl (C=O) groups is 1. The molecule has 1 heterocycles. The fourth-order valence-electron chi connectivity index (χ4n) is 5.54. The summed E-state index contributed by atoms with van der Waals surface area (Å²) < 4.78 is 5.68. The molecule has 0 N–H and O–H groups in total. The van der Waals surface area contributed by atoms with E-state index in [2.05, 4.69) is 91.6 Å². The van der Waals surface area contributed by atoms with Gasteiger partial charge in [0, 0.05) is 12.0 Å². The number of carbonyl (C=O) groups excluding carboxylic acids is 1. The van der Waals surface area contributed by atoms with Gasteiger partial charge < -0.3 is 4.74 Å². The number of nitrogens with zero attached hydrogens (tertiary/aromatic N) is 1. The van der Waals surface area contributed by atoms with Crippen LogP contribution in [0.1, 0.15) is 64.5 Å². The van der Waals surface area contributed by atoms with Crippen molar-refractivity contribution in [2.24, 2.45) is 10.4 Å². The van der Waals surface area contributed by atoms with Gasteiger partial charge in [0.05, 0.1) is 11.3 Å². The van der Waals surface area contributed by atoms with E-state index in [1.54, 1.807) is 0 Å². The topological polar surface area (TPSA) is 38.7 Å². The molecule has 0 saturated carbocycles. The summed E-state index contributed by atoms with van der Waals surface area (Å²) in [5.74, 6) is -0.229. The van der Waals surface area contributed by atoms with Crippen molar-refractivity contribution in [3.63, 3.8) is 0 Å². The van der Waals surface area contributed by atoms with E-state index in [4.69, 9.17) is 4.74 Å². The van der Waals surface area contributed by atoms with Crippen molar-refractivity contribution in [1.82, 2.24) is 0 Å². The molecule has 0 saturated heterocycles. The number of esters is 1. The van der Waals surface area contributed by atoms with Crippen molar-refractivity contribution < 1.29 is 9.53 Å². The molecule has 6 rings (SSSR count). The second-order valence-corrected chi connectivity index (χ2v) is 12.0. The van der Waals surface area contributed by atoms with E-state index < -0.39 is 5.60 Å². The predicted molar refractivity (Wildman–Crippen MR) is 153 cm³/mol. The molecule has 3 heteroatoms. The van der Waals surface area contributed by atoms with Crippen LogP contribution in [0.4, 0.5) is 0 Å². The number of hydrogen-bond acceptors (Lipinski definition) is 3. The van der Waals surface area contributed by atoms with Crippen LogP contribution in [0.25, 0.3) is 27.6 Å². The van der Waals surface area contributed by atoms with E-state index in [0.717, 1.165) is 36.7 Å². The first-order chi connectivity index (χ1) is 17.6. The number of fused-ring (bicyclic) bond motifs is 6. The molecule has 1 unspecified atom stereocenters. The molecule has 2 aliphatic rings. The summed E-state index contributed by atoms with van der Waals surface area (Å²) >= 11 is 0. The summed E-state index contributed by atoms with van der Waals surface area (Å²) in [6, 6.07) is 25.5. The molecule has 1 aliphatic carbocycles. The van der Waals surface area contributed by atoms with Crippen LogP contribution in [0.15, 0.2) is 77.8 Å². The lowest BCUT2D eigenvalue weighted by atomic mass is 9.80. The highest BCUT2D eigenvalue weighted by Gasteiger charge is 2.31. The van der Waals surface area contributed by atoms with Gasteiger partial charge in [0.25, 0.3) is 0 Å². The molecule has 0 radical (unpaired) electrons. The molecular formula is C34H37NO2. The zero-order valence-corrected chi connectivity index (χ0v) is 22.7. The molecule has 4 aromatic rings. The average Bonchev–Trinajstić information content (AvgIpc) is 2.86. The van der Waals surface area contributed by atoms with E-state index in [0.29, 0.717) is 0 Å². The Hall–Kier alpha value is -3.46.